The molecule has 7 heteroatoms. The Balaban J connectivity index is 1.68. The van der Waals surface area contributed by atoms with Crippen LogP contribution < -0.4 is 14.9 Å². The Bertz CT molecular complexity index is 853. The number of hydrogen-bond acceptors (Lipinski definition) is 4. The SMILES string of the molecule is CC(Nc1cccc(N2CCCS2(=O)=O)c1)C(=O)Nc1ccccc1. The van der Waals surface area contributed by atoms with Crippen molar-refractivity contribution in [3.63, 3.8) is 0 Å². The molecule has 1 fully saturated rings. The van der Waals surface area contributed by atoms with Gasteiger partial charge in [0.1, 0.15) is 6.04 Å². The van der Waals surface area contributed by atoms with Crippen molar-refractivity contribution in [2.45, 2.75) is 19.4 Å². The summed E-state index contributed by atoms with van der Waals surface area (Å²) in [6.07, 6.45) is 0.635. The lowest BCUT2D eigenvalue weighted by Gasteiger charge is -2.20. The summed E-state index contributed by atoms with van der Waals surface area (Å²) >= 11 is 0. The van der Waals surface area contributed by atoms with Crippen LogP contribution in [0.15, 0.2) is 54.6 Å². The molecule has 3 rings (SSSR count). The van der Waals surface area contributed by atoms with Gasteiger partial charge in [-0.25, -0.2) is 8.42 Å². The fourth-order valence-electron chi connectivity index (χ4n) is 2.77. The molecule has 0 aliphatic carbocycles. The maximum atomic E-state index is 12.3. The molecule has 1 aliphatic rings. The molecular formula is C18H21N3O3S. The van der Waals surface area contributed by atoms with E-state index in [4.69, 9.17) is 0 Å². The fourth-order valence-corrected chi connectivity index (χ4v) is 4.32. The van der Waals surface area contributed by atoms with Crippen molar-refractivity contribution in [1.82, 2.24) is 0 Å². The Hall–Kier alpha value is -2.54. The summed E-state index contributed by atoms with van der Waals surface area (Å²) in [4.78, 5) is 12.3. The molecule has 25 heavy (non-hydrogen) atoms. The van der Waals surface area contributed by atoms with Gasteiger partial charge in [-0.3, -0.25) is 9.10 Å². The van der Waals surface area contributed by atoms with Gasteiger partial charge in [-0.15, -0.1) is 0 Å². The molecule has 0 saturated carbocycles. The molecule has 2 N–H and O–H groups in total. The van der Waals surface area contributed by atoms with Crippen molar-refractivity contribution in [1.29, 1.82) is 0 Å². The second-order valence-electron chi connectivity index (χ2n) is 6.01. The number of para-hydroxylation sites is 1. The van der Waals surface area contributed by atoms with Crippen LogP contribution >= 0.6 is 0 Å². The first-order chi connectivity index (χ1) is 12.0. The normalized spacial score (nSPS) is 17.1. The van der Waals surface area contributed by atoms with E-state index >= 15 is 0 Å². The highest BCUT2D eigenvalue weighted by Gasteiger charge is 2.28. The van der Waals surface area contributed by atoms with Crippen LogP contribution in [0.3, 0.4) is 0 Å². The van der Waals surface area contributed by atoms with Gasteiger partial charge in [0.15, 0.2) is 0 Å². The second kappa shape index (κ2) is 7.14. The van der Waals surface area contributed by atoms with E-state index in [0.29, 0.717) is 24.3 Å². The molecule has 1 heterocycles. The number of amides is 1. The summed E-state index contributed by atoms with van der Waals surface area (Å²) < 4.78 is 25.5. The molecule has 132 valence electrons. The summed E-state index contributed by atoms with van der Waals surface area (Å²) in [5.74, 6) is 0.0194. The van der Waals surface area contributed by atoms with Crippen LogP contribution in [0.4, 0.5) is 17.1 Å². The maximum Gasteiger partial charge on any atom is 0.246 e. The monoisotopic (exact) mass is 359 g/mol. The molecule has 1 aliphatic heterocycles. The highest BCUT2D eigenvalue weighted by Crippen LogP contribution is 2.26. The lowest BCUT2D eigenvalue weighted by molar-refractivity contribution is -0.116. The highest BCUT2D eigenvalue weighted by molar-refractivity contribution is 7.93. The molecule has 1 amide bonds. The topological polar surface area (TPSA) is 78.5 Å². The largest absolute Gasteiger partial charge is 0.374 e. The van der Waals surface area contributed by atoms with Gasteiger partial charge in [-0.1, -0.05) is 24.3 Å². The van der Waals surface area contributed by atoms with E-state index in [1.807, 2.05) is 36.4 Å². The number of sulfonamides is 1. The van der Waals surface area contributed by atoms with Crippen molar-refractivity contribution < 1.29 is 13.2 Å². The zero-order chi connectivity index (χ0) is 17.9. The van der Waals surface area contributed by atoms with E-state index in [9.17, 15) is 13.2 Å². The zero-order valence-corrected chi connectivity index (χ0v) is 14.8. The number of benzene rings is 2. The predicted molar refractivity (Wildman–Crippen MR) is 100 cm³/mol. The minimum Gasteiger partial charge on any atom is -0.374 e. The molecule has 1 unspecified atom stereocenters. The van der Waals surface area contributed by atoms with Crippen LogP contribution in [0.5, 0.6) is 0 Å². The van der Waals surface area contributed by atoms with Crippen molar-refractivity contribution in [2.24, 2.45) is 0 Å². The Morgan fingerprint density at radius 1 is 1.08 bits per heavy atom. The second-order valence-corrected chi connectivity index (χ2v) is 8.03. The highest BCUT2D eigenvalue weighted by atomic mass is 32.2. The first kappa shape index (κ1) is 17.3. The van der Waals surface area contributed by atoms with Crippen molar-refractivity contribution in [3.05, 3.63) is 54.6 Å². The van der Waals surface area contributed by atoms with Gasteiger partial charge in [0.05, 0.1) is 11.4 Å². The number of nitrogens with one attached hydrogen (secondary N) is 2. The maximum absolute atomic E-state index is 12.3. The van der Waals surface area contributed by atoms with Crippen LogP contribution in [0, 0.1) is 0 Å². The average molecular weight is 359 g/mol. The molecular weight excluding hydrogens is 338 g/mol. The molecule has 2 aromatic rings. The number of anilines is 3. The van der Waals surface area contributed by atoms with Crippen LogP contribution in [-0.2, 0) is 14.8 Å². The smallest absolute Gasteiger partial charge is 0.246 e. The van der Waals surface area contributed by atoms with E-state index in [0.717, 1.165) is 5.69 Å². The number of carbonyl (C=O) groups is 1. The Morgan fingerprint density at radius 2 is 1.80 bits per heavy atom. The summed E-state index contributed by atoms with van der Waals surface area (Å²) in [6, 6.07) is 15.9. The van der Waals surface area contributed by atoms with Gasteiger partial charge in [0.25, 0.3) is 0 Å². The lowest BCUT2D eigenvalue weighted by atomic mass is 10.2. The minimum absolute atomic E-state index is 0.162. The predicted octanol–water partition coefficient (Wildman–Crippen LogP) is 2.67. The van der Waals surface area contributed by atoms with Gasteiger partial charge < -0.3 is 10.6 Å². The molecule has 2 aromatic carbocycles. The standard InChI is InChI=1S/C18H21N3O3S/c1-14(18(22)20-15-7-3-2-4-8-15)19-16-9-5-10-17(13-16)21-11-6-12-25(21,23)24/h2-5,7-10,13-14,19H,6,11-12H2,1H3,(H,20,22). The molecule has 0 bridgehead atoms. The number of rotatable bonds is 5. The van der Waals surface area contributed by atoms with Gasteiger partial charge in [-0.2, -0.15) is 0 Å². The van der Waals surface area contributed by atoms with E-state index in [1.54, 1.807) is 25.1 Å². The summed E-state index contributed by atoms with van der Waals surface area (Å²) in [7, 11) is -3.22. The van der Waals surface area contributed by atoms with Gasteiger partial charge in [0.2, 0.25) is 15.9 Å². The third-order valence-electron chi connectivity index (χ3n) is 4.05. The zero-order valence-electron chi connectivity index (χ0n) is 14.0. The van der Waals surface area contributed by atoms with Gasteiger partial charge in [0, 0.05) is 17.9 Å². The van der Waals surface area contributed by atoms with Crippen molar-refractivity contribution >= 4 is 33.0 Å². The first-order valence-electron chi connectivity index (χ1n) is 8.19. The fraction of sp³-hybridized carbons (Fsp3) is 0.278. The third kappa shape index (κ3) is 4.11. The van der Waals surface area contributed by atoms with Crippen molar-refractivity contribution in [3.8, 4) is 0 Å². The Labute approximate surface area is 147 Å². The van der Waals surface area contributed by atoms with Gasteiger partial charge in [-0.05, 0) is 43.7 Å². The third-order valence-corrected chi connectivity index (χ3v) is 5.92. The van der Waals surface area contributed by atoms with E-state index < -0.39 is 16.1 Å². The average Bonchev–Trinajstić information content (AvgIpc) is 2.95. The molecule has 1 saturated heterocycles. The lowest BCUT2D eigenvalue weighted by Crippen LogP contribution is -2.32. The van der Waals surface area contributed by atoms with Crippen LogP contribution in [0.1, 0.15) is 13.3 Å². The Kier molecular flexibility index (Phi) is 4.94. The van der Waals surface area contributed by atoms with E-state index in [-0.39, 0.29) is 11.7 Å². The molecule has 0 radical (unpaired) electrons. The van der Waals surface area contributed by atoms with Crippen LogP contribution in [-0.4, -0.2) is 32.7 Å². The van der Waals surface area contributed by atoms with E-state index in [1.165, 1.54) is 4.31 Å². The number of carbonyl (C=O) groups excluding carboxylic acids is 1. The van der Waals surface area contributed by atoms with Crippen molar-refractivity contribution in [2.75, 3.05) is 27.2 Å². The quantitative estimate of drug-likeness (QED) is 0.860. The van der Waals surface area contributed by atoms with Crippen LogP contribution in [0.2, 0.25) is 0 Å². The number of nitrogens with zero attached hydrogens (tertiary/aromatic N) is 1. The van der Waals surface area contributed by atoms with Crippen LogP contribution in [0.25, 0.3) is 0 Å². The summed E-state index contributed by atoms with van der Waals surface area (Å²) in [5.41, 5.74) is 2.06. The van der Waals surface area contributed by atoms with E-state index in [2.05, 4.69) is 10.6 Å². The molecule has 0 spiro atoms. The van der Waals surface area contributed by atoms with Gasteiger partial charge >= 0.3 is 0 Å². The Morgan fingerprint density at radius 3 is 2.48 bits per heavy atom. The summed E-state index contributed by atoms with van der Waals surface area (Å²) in [5, 5.41) is 5.96. The minimum atomic E-state index is -3.22. The number of hydrogen-bond donors (Lipinski definition) is 2. The first-order valence-corrected chi connectivity index (χ1v) is 9.79. The molecule has 0 aromatic heterocycles. The molecule has 1 atom stereocenters. The summed E-state index contributed by atoms with van der Waals surface area (Å²) in [6.45, 7) is 2.26. The molecule has 6 nitrogen and oxygen atoms in total.